The van der Waals surface area contributed by atoms with Crippen molar-refractivity contribution < 1.29 is 13.7 Å². The van der Waals surface area contributed by atoms with E-state index in [4.69, 9.17) is 4.52 Å². The highest BCUT2D eigenvalue weighted by Gasteiger charge is 2.08. The largest absolute Gasteiger partial charge is 0.339 e. The van der Waals surface area contributed by atoms with Gasteiger partial charge in [-0.25, -0.2) is 9.18 Å². The number of carbonyl (C=O) groups is 1. The minimum atomic E-state index is -0.409. The van der Waals surface area contributed by atoms with Crippen molar-refractivity contribution in [2.45, 2.75) is 13.8 Å². The smallest absolute Gasteiger partial charge is 0.323 e. The maximum absolute atomic E-state index is 13.1. The van der Waals surface area contributed by atoms with E-state index in [2.05, 4.69) is 20.8 Å². The second-order valence-corrected chi connectivity index (χ2v) is 5.25. The third-order valence-electron chi connectivity index (χ3n) is 3.37. The van der Waals surface area contributed by atoms with Gasteiger partial charge in [-0.3, -0.25) is 0 Å². The number of amides is 2. The fourth-order valence-electron chi connectivity index (χ4n) is 2.17. The molecule has 0 aliphatic heterocycles. The van der Waals surface area contributed by atoms with Crippen LogP contribution in [-0.2, 0) is 0 Å². The molecule has 0 aliphatic carbocycles. The zero-order valence-corrected chi connectivity index (χ0v) is 13.1. The zero-order valence-electron chi connectivity index (χ0n) is 13.1. The summed E-state index contributed by atoms with van der Waals surface area (Å²) in [4.78, 5) is 16.2. The van der Waals surface area contributed by atoms with Crippen molar-refractivity contribution in [3.05, 3.63) is 59.7 Å². The number of hydrogen-bond donors (Lipinski definition) is 2. The van der Waals surface area contributed by atoms with E-state index in [0.717, 1.165) is 5.56 Å². The predicted molar refractivity (Wildman–Crippen MR) is 88.2 cm³/mol. The highest BCUT2D eigenvalue weighted by Crippen LogP contribution is 2.19. The Hall–Kier alpha value is -3.22. The standard InChI is InChI=1S/C17H15FN4O2/c1-10-9-13(18)5-8-15(10)21-17(23)20-14-6-3-12(4-7-14)16-19-11(2)24-22-16/h3-9H,1-2H3,(H2,20,21,23). The molecule has 0 saturated carbocycles. The van der Waals surface area contributed by atoms with Crippen molar-refractivity contribution in [3.63, 3.8) is 0 Å². The van der Waals surface area contributed by atoms with E-state index >= 15 is 0 Å². The Balaban J connectivity index is 1.66. The summed E-state index contributed by atoms with van der Waals surface area (Å²) >= 11 is 0. The Morgan fingerprint density at radius 2 is 1.83 bits per heavy atom. The van der Waals surface area contributed by atoms with Crippen molar-refractivity contribution in [3.8, 4) is 11.4 Å². The molecule has 0 bridgehead atoms. The van der Waals surface area contributed by atoms with Gasteiger partial charge in [-0.2, -0.15) is 4.98 Å². The summed E-state index contributed by atoms with van der Waals surface area (Å²) in [6.07, 6.45) is 0. The van der Waals surface area contributed by atoms with Crippen LogP contribution >= 0.6 is 0 Å². The van der Waals surface area contributed by atoms with Crippen molar-refractivity contribution in [2.24, 2.45) is 0 Å². The van der Waals surface area contributed by atoms with Crippen molar-refractivity contribution in [1.82, 2.24) is 10.1 Å². The molecule has 0 spiro atoms. The predicted octanol–water partition coefficient (Wildman–Crippen LogP) is 4.14. The van der Waals surface area contributed by atoms with E-state index in [1.54, 1.807) is 38.1 Å². The maximum Gasteiger partial charge on any atom is 0.323 e. The molecule has 1 heterocycles. The topological polar surface area (TPSA) is 80.0 Å². The van der Waals surface area contributed by atoms with E-state index in [-0.39, 0.29) is 5.82 Å². The number of nitrogens with one attached hydrogen (secondary N) is 2. The number of benzene rings is 2. The van der Waals surface area contributed by atoms with E-state index in [0.29, 0.717) is 28.7 Å². The molecule has 1 aromatic heterocycles. The molecule has 6 nitrogen and oxygen atoms in total. The molecule has 0 atom stereocenters. The lowest BCUT2D eigenvalue weighted by Gasteiger charge is -2.10. The Labute approximate surface area is 137 Å². The van der Waals surface area contributed by atoms with E-state index in [1.807, 2.05) is 0 Å². The lowest BCUT2D eigenvalue weighted by atomic mass is 10.2. The number of urea groups is 1. The van der Waals surface area contributed by atoms with E-state index in [9.17, 15) is 9.18 Å². The molecule has 0 saturated heterocycles. The van der Waals surface area contributed by atoms with Crippen LogP contribution in [0.5, 0.6) is 0 Å². The molecule has 122 valence electrons. The monoisotopic (exact) mass is 326 g/mol. The van der Waals surface area contributed by atoms with Crippen LogP contribution in [-0.4, -0.2) is 16.2 Å². The van der Waals surface area contributed by atoms with Gasteiger partial charge in [0.2, 0.25) is 11.7 Å². The fraction of sp³-hybridized carbons (Fsp3) is 0.118. The van der Waals surface area contributed by atoms with Gasteiger partial charge in [0.25, 0.3) is 0 Å². The number of anilines is 2. The normalized spacial score (nSPS) is 10.5. The number of rotatable bonds is 3. The van der Waals surface area contributed by atoms with Crippen LogP contribution in [0, 0.1) is 19.7 Å². The van der Waals surface area contributed by atoms with Gasteiger partial charge < -0.3 is 15.2 Å². The summed E-state index contributed by atoms with van der Waals surface area (Å²) in [6, 6.07) is 10.8. The third kappa shape index (κ3) is 3.57. The van der Waals surface area contributed by atoms with Crippen LogP contribution < -0.4 is 10.6 Å². The number of halogens is 1. The molecule has 0 fully saturated rings. The molecular weight excluding hydrogens is 311 g/mol. The quantitative estimate of drug-likeness (QED) is 0.758. The van der Waals surface area contributed by atoms with Gasteiger partial charge in [0.15, 0.2) is 0 Å². The van der Waals surface area contributed by atoms with E-state index < -0.39 is 6.03 Å². The highest BCUT2D eigenvalue weighted by atomic mass is 19.1. The maximum atomic E-state index is 13.1. The second kappa shape index (κ2) is 6.49. The molecule has 7 heteroatoms. The molecule has 2 N–H and O–H groups in total. The van der Waals surface area contributed by atoms with Gasteiger partial charge >= 0.3 is 6.03 Å². The van der Waals surface area contributed by atoms with Gasteiger partial charge in [-0.05, 0) is 55.0 Å². The Bertz CT molecular complexity index is 875. The summed E-state index contributed by atoms with van der Waals surface area (Å²) in [5.41, 5.74) is 2.59. The average Bonchev–Trinajstić information content (AvgIpc) is 2.97. The van der Waals surface area contributed by atoms with Crippen molar-refractivity contribution in [2.75, 3.05) is 10.6 Å². The van der Waals surface area contributed by atoms with Crippen LogP contribution in [0.25, 0.3) is 11.4 Å². The number of carbonyl (C=O) groups excluding carboxylic acids is 1. The summed E-state index contributed by atoms with van der Waals surface area (Å²) in [6.45, 7) is 3.44. The fourth-order valence-corrected chi connectivity index (χ4v) is 2.17. The molecule has 2 aromatic carbocycles. The SMILES string of the molecule is Cc1nc(-c2ccc(NC(=O)Nc3ccc(F)cc3C)cc2)no1. The lowest BCUT2D eigenvalue weighted by molar-refractivity contribution is 0.262. The summed E-state index contributed by atoms with van der Waals surface area (Å²) in [7, 11) is 0. The summed E-state index contributed by atoms with van der Waals surface area (Å²) in [5.74, 6) is 0.637. The first-order valence-electron chi connectivity index (χ1n) is 7.26. The Morgan fingerprint density at radius 3 is 2.46 bits per heavy atom. The Morgan fingerprint density at radius 1 is 1.08 bits per heavy atom. The minimum absolute atomic E-state index is 0.342. The van der Waals surface area contributed by atoms with Gasteiger partial charge in [0, 0.05) is 23.9 Å². The lowest BCUT2D eigenvalue weighted by Crippen LogP contribution is -2.19. The number of aryl methyl sites for hydroxylation is 2. The van der Waals surface area contributed by atoms with Gasteiger partial charge in [-0.1, -0.05) is 5.16 Å². The first kappa shape index (κ1) is 15.7. The second-order valence-electron chi connectivity index (χ2n) is 5.25. The molecule has 3 rings (SSSR count). The van der Waals surface area contributed by atoms with Gasteiger partial charge in [0.05, 0.1) is 0 Å². The zero-order chi connectivity index (χ0) is 17.1. The van der Waals surface area contributed by atoms with Crippen molar-refractivity contribution >= 4 is 17.4 Å². The first-order chi connectivity index (χ1) is 11.5. The van der Waals surface area contributed by atoms with Crippen LogP contribution in [0.1, 0.15) is 11.5 Å². The summed E-state index contributed by atoms with van der Waals surface area (Å²) in [5, 5.41) is 9.22. The molecular formula is C17H15FN4O2. The van der Waals surface area contributed by atoms with Gasteiger partial charge in [-0.15, -0.1) is 0 Å². The van der Waals surface area contributed by atoms with Crippen LogP contribution in [0.3, 0.4) is 0 Å². The van der Waals surface area contributed by atoms with Crippen LogP contribution in [0.15, 0.2) is 47.0 Å². The number of aromatic nitrogens is 2. The molecule has 0 aliphatic rings. The first-order valence-corrected chi connectivity index (χ1v) is 7.26. The molecule has 2 amide bonds. The molecule has 24 heavy (non-hydrogen) atoms. The number of hydrogen-bond acceptors (Lipinski definition) is 4. The van der Waals surface area contributed by atoms with Gasteiger partial charge in [0.1, 0.15) is 5.82 Å². The Kier molecular flexibility index (Phi) is 4.24. The molecule has 3 aromatic rings. The highest BCUT2D eigenvalue weighted by molar-refractivity contribution is 6.00. The number of nitrogens with zero attached hydrogens (tertiary/aromatic N) is 2. The summed E-state index contributed by atoms with van der Waals surface area (Å²) < 4.78 is 18.0. The van der Waals surface area contributed by atoms with Crippen LogP contribution in [0.2, 0.25) is 0 Å². The molecule has 0 unspecified atom stereocenters. The average molecular weight is 326 g/mol. The minimum Gasteiger partial charge on any atom is -0.339 e. The van der Waals surface area contributed by atoms with Crippen LogP contribution in [0.4, 0.5) is 20.6 Å². The molecule has 0 radical (unpaired) electrons. The van der Waals surface area contributed by atoms with Crippen molar-refractivity contribution in [1.29, 1.82) is 0 Å². The third-order valence-corrected chi connectivity index (χ3v) is 3.37. The van der Waals surface area contributed by atoms with E-state index in [1.165, 1.54) is 18.2 Å².